The van der Waals surface area contributed by atoms with Crippen molar-refractivity contribution in [3.63, 3.8) is 0 Å². The van der Waals surface area contributed by atoms with E-state index in [0.29, 0.717) is 0 Å². The fourth-order valence-electron chi connectivity index (χ4n) is 1.52. The number of hydrogen-bond acceptors (Lipinski definition) is 4. The maximum absolute atomic E-state index is 13.2. The summed E-state index contributed by atoms with van der Waals surface area (Å²) in [6.45, 7) is 0. The number of nitrogens with zero attached hydrogens (tertiary/aromatic N) is 1. The number of nitrogens with two attached hydrogens (primary N) is 1. The highest BCUT2D eigenvalue weighted by Gasteiger charge is 2.17. The van der Waals surface area contributed by atoms with Crippen LogP contribution in [0.4, 0.5) is 10.1 Å². The Kier molecular flexibility index (Phi) is 3.96. The molecule has 0 fully saturated rings. The molecule has 0 atom stereocenters. The van der Waals surface area contributed by atoms with Gasteiger partial charge < -0.3 is 5.73 Å². The second-order valence-electron chi connectivity index (χ2n) is 3.85. The lowest BCUT2D eigenvalue weighted by Gasteiger charge is -2.11. The zero-order valence-electron chi connectivity index (χ0n) is 10.1. The van der Waals surface area contributed by atoms with Crippen LogP contribution in [0, 0.1) is 5.82 Å². The summed E-state index contributed by atoms with van der Waals surface area (Å²) >= 11 is 4.78. The van der Waals surface area contributed by atoms with E-state index in [1.807, 2.05) is 0 Å². The Bertz CT molecular complexity index is 749. The summed E-state index contributed by atoms with van der Waals surface area (Å²) in [6, 6.07) is 6.33. The van der Waals surface area contributed by atoms with E-state index >= 15 is 0 Å². The molecule has 2 rings (SSSR count). The summed E-state index contributed by atoms with van der Waals surface area (Å²) in [6.07, 6.45) is 2.66. The first-order valence-corrected chi connectivity index (χ1v) is 7.31. The molecule has 3 N–H and O–H groups in total. The maximum atomic E-state index is 13.2. The molecule has 1 heterocycles. The Hall–Kier alpha value is -2.06. The van der Waals surface area contributed by atoms with Gasteiger partial charge in [-0.05, 0) is 30.3 Å². The van der Waals surface area contributed by atoms with E-state index in [0.717, 1.165) is 12.1 Å². The first kappa shape index (κ1) is 14.4. The Labute approximate surface area is 120 Å². The van der Waals surface area contributed by atoms with Gasteiger partial charge in [0.15, 0.2) is 0 Å². The van der Waals surface area contributed by atoms with Gasteiger partial charge in [0.05, 0.1) is 5.69 Å². The molecular formula is C12H10FN3O2S2. The van der Waals surface area contributed by atoms with E-state index < -0.39 is 15.8 Å². The molecule has 1 aromatic carbocycles. The number of sulfonamides is 1. The van der Waals surface area contributed by atoms with E-state index in [4.69, 9.17) is 18.0 Å². The summed E-state index contributed by atoms with van der Waals surface area (Å²) in [5.74, 6) is -0.558. The predicted molar refractivity (Wildman–Crippen MR) is 77.3 cm³/mol. The molecule has 0 aliphatic heterocycles. The predicted octanol–water partition coefficient (Wildman–Crippen LogP) is 1.66. The van der Waals surface area contributed by atoms with Crippen molar-refractivity contribution in [3.05, 3.63) is 54.1 Å². The lowest BCUT2D eigenvalue weighted by Crippen LogP contribution is -2.18. The van der Waals surface area contributed by atoms with Crippen LogP contribution in [0.25, 0.3) is 0 Å². The minimum absolute atomic E-state index is 0.0155. The quantitative estimate of drug-likeness (QED) is 0.839. The van der Waals surface area contributed by atoms with Crippen LogP contribution < -0.4 is 10.5 Å². The minimum Gasteiger partial charge on any atom is -0.389 e. The zero-order chi connectivity index (χ0) is 14.8. The van der Waals surface area contributed by atoms with Gasteiger partial charge in [-0.1, -0.05) is 12.2 Å². The van der Waals surface area contributed by atoms with Crippen molar-refractivity contribution in [2.45, 2.75) is 4.90 Å². The maximum Gasteiger partial charge on any atom is 0.263 e. The number of hydrogen-bond donors (Lipinski definition) is 2. The Morgan fingerprint density at radius 2 is 2.10 bits per heavy atom. The molecule has 0 saturated carbocycles. The lowest BCUT2D eigenvalue weighted by molar-refractivity contribution is 0.600. The number of pyridine rings is 1. The molecule has 0 saturated heterocycles. The summed E-state index contributed by atoms with van der Waals surface area (Å²) in [7, 11) is -3.83. The zero-order valence-corrected chi connectivity index (χ0v) is 11.7. The van der Waals surface area contributed by atoms with Crippen LogP contribution >= 0.6 is 12.2 Å². The second-order valence-corrected chi connectivity index (χ2v) is 5.97. The third-order valence-electron chi connectivity index (χ3n) is 2.44. The van der Waals surface area contributed by atoms with Crippen molar-refractivity contribution in [2.24, 2.45) is 5.73 Å². The highest BCUT2D eigenvalue weighted by atomic mass is 32.2. The van der Waals surface area contributed by atoms with Crippen LogP contribution in [-0.2, 0) is 10.0 Å². The summed E-state index contributed by atoms with van der Waals surface area (Å²) in [5.41, 5.74) is 5.69. The first-order valence-electron chi connectivity index (χ1n) is 5.42. The number of thiocarbonyl (C=S) groups is 1. The molecule has 20 heavy (non-hydrogen) atoms. The summed E-state index contributed by atoms with van der Waals surface area (Å²) in [5, 5.41) is 0. The molecule has 5 nitrogen and oxygen atoms in total. The number of benzene rings is 1. The molecule has 2 aromatic rings. The molecule has 8 heteroatoms. The van der Waals surface area contributed by atoms with Gasteiger partial charge in [0, 0.05) is 18.0 Å². The number of halogens is 1. The van der Waals surface area contributed by atoms with Gasteiger partial charge in [-0.3, -0.25) is 9.71 Å². The van der Waals surface area contributed by atoms with Gasteiger partial charge in [-0.2, -0.15) is 0 Å². The van der Waals surface area contributed by atoms with Crippen molar-refractivity contribution in [3.8, 4) is 0 Å². The number of rotatable bonds is 4. The second kappa shape index (κ2) is 5.51. The summed E-state index contributed by atoms with van der Waals surface area (Å²) in [4.78, 5) is 3.62. The summed E-state index contributed by atoms with van der Waals surface area (Å²) < 4.78 is 39.7. The monoisotopic (exact) mass is 311 g/mol. The highest BCUT2D eigenvalue weighted by molar-refractivity contribution is 7.92. The van der Waals surface area contributed by atoms with Crippen LogP contribution in [0.1, 0.15) is 5.56 Å². The Balaban J connectivity index is 2.43. The van der Waals surface area contributed by atoms with E-state index in [1.54, 1.807) is 0 Å². The van der Waals surface area contributed by atoms with Crippen molar-refractivity contribution in [1.82, 2.24) is 4.98 Å². The van der Waals surface area contributed by atoms with Crippen LogP contribution in [0.3, 0.4) is 0 Å². The average Bonchev–Trinajstić information content (AvgIpc) is 2.41. The lowest BCUT2D eigenvalue weighted by atomic mass is 10.2. The number of nitrogens with one attached hydrogen (secondary N) is 1. The fourth-order valence-corrected chi connectivity index (χ4v) is 2.73. The first-order chi connectivity index (χ1) is 9.40. The van der Waals surface area contributed by atoms with Crippen molar-refractivity contribution in [2.75, 3.05) is 4.72 Å². The molecule has 0 aliphatic carbocycles. The molecule has 0 bridgehead atoms. The van der Waals surface area contributed by atoms with Crippen LogP contribution in [-0.4, -0.2) is 18.4 Å². The molecule has 1 aromatic heterocycles. The van der Waals surface area contributed by atoms with Gasteiger partial charge >= 0.3 is 0 Å². The smallest absolute Gasteiger partial charge is 0.263 e. The molecule has 0 unspecified atom stereocenters. The van der Waals surface area contributed by atoms with Crippen LogP contribution in [0.2, 0.25) is 0 Å². The van der Waals surface area contributed by atoms with Gasteiger partial charge in [0.1, 0.15) is 15.7 Å². The van der Waals surface area contributed by atoms with Crippen molar-refractivity contribution < 1.29 is 12.8 Å². The Morgan fingerprint density at radius 3 is 2.70 bits per heavy atom. The van der Waals surface area contributed by atoms with E-state index in [-0.39, 0.29) is 21.1 Å². The standard InChI is InChI=1S/C12H10FN3O2S2/c13-8-3-4-11(10(6-8)12(14)19)16-20(17,18)9-2-1-5-15-7-9/h1-7,16H,(H2,14,19). The average molecular weight is 311 g/mol. The van der Waals surface area contributed by atoms with Crippen LogP contribution in [0.15, 0.2) is 47.6 Å². The molecule has 104 valence electrons. The third kappa shape index (κ3) is 3.09. The Morgan fingerprint density at radius 1 is 1.35 bits per heavy atom. The topological polar surface area (TPSA) is 85.1 Å². The largest absolute Gasteiger partial charge is 0.389 e. The van der Waals surface area contributed by atoms with E-state index in [2.05, 4.69) is 9.71 Å². The van der Waals surface area contributed by atoms with E-state index in [9.17, 15) is 12.8 Å². The van der Waals surface area contributed by atoms with E-state index in [1.165, 1.54) is 30.6 Å². The van der Waals surface area contributed by atoms with Gasteiger partial charge in [0.25, 0.3) is 10.0 Å². The van der Waals surface area contributed by atoms with Gasteiger partial charge in [0.2, 0.25) is 0 Å². The van der Waals surface area contributed by atoms with Crippen molar-refractivity contribution >= 4 is 32.9 Å². The number of anilines is 1. The van der Waals surface area contributed by atoms with Gasteiger partial charge in [-0.15, -0.1) is 0 Å². The minimum atomic E-state index is -3.83. The van der Waals surface area contributed by atoms with Crippen molar-refractivity contribution in [1.29, 1.82) is 0 Å². The highest BCUT2D eigenvalue weighted by Crippen LogP contribution is 2.20. The fraction of sp³-hybridized carbons (Fsp3) is 0. The van der Waals surface area contributed by atoms with Crippen LogP contribution in [0.5, 0.6) is 0 Å². The molecule has 0 aliphatic rings. The normalized spacial score (nSPS) is 11.1. The molecular weight excluding hydrogens is 301 g/mol. The van der Waals surface area contributed by atoms with Gasteiger partial charge in [-0.25, -0.2) is 12.8 Å². The SMILES string of the molecule is NC(=S)c1cc(F)ccc1NS(=O)(=O)c1cccnc1. The number of aromatic nitrogens is 1. The molecule has 0 radical (unpaired) electrons. The molecule has 0 amide bonds. The molecule has 0 spiro atoms. The third-order valence-corrected chi connectivity index (χ3v) is 4.01.